The van der Waals surface area contributed by atoms with Crippen molar-refractivity contribution in [2.75, 3.05) is 0 Å². The lowest BCUT2D eigenvalue weighted by atomic mass is 10.1. The molecule has 0 unspecified atom stereocenters. The van der Waals surface area contributed by atoms with E-state index in [9.17, 15) is 0 Å². The third-order valence-electron chi connectivity index (χ3n) is 4.13. The number of rotatable bonds is 5. The number of nitrogens with zero attached hydrogens (tertiary/aromatic N) is 2. The molecule has 4 nitrogen and oxygen atoms in total. The minimum atomic E-state index is 0.822. The van der Waals surface area contributed by atoms with E-state index < -0.39 is 0 Å². The van der Waals surface area contributed by atoms with Crippen LogP contribution in [-0.2, 0) is 13.1 Å². The molecule has 0 aliphatic heterocycles. The summed E-state index contributed by atoms with van der Waals surface area (Å²) in [7, 11) is 0. The topological polar surface area (TPSA) is 53.6 Å². The molecular formula is C20H18N4. The zero-order valence-electron chi connectivity index (χ0n) is 13.2. The van der Waals surface area contributed by atoms with Crippen molar-refractivity contribution in [3.63, 3.8) is 0 Å². The van der Waals surface area contributed by atoms with Gasteiger partial charge in [0.1, 0.15) is 0 Å². The summed E-state index contributed by atoms with van der Waals surface area (Å²) < 4.78 is 0. The van der Waals surface area contributed by atoms with Gasteiger partial charge in [0.25, 0.3) is 0 Å². The van der Waals surface area contributed by atoms with Crippen LogP contribution >= 0.6 is 0 Å². The highest BCUT2D eigenvalue weighted by molar-refractivity contribution is 5.82. The highest BCUT2D eigenvalue weighted by Crippen LogP contribution is 2.17. The summed E-state index contributed by atoms with van der Waals surface area (Å²) in [6.45, 7) is 1.67. The number of hydrogen-bond acceptors (Lipinski definition) is 3. The van der Waals surface area contributed by atoms with Gasteiger partial charge in [-0.05, 0) is 34.0 Å². The molecule has 0 spiro atoms. The molecule has 24 heavy (non-hydrogen) atoms. The van der Waals surface area contributed by atoms with Gasteiger partial charge in [0.05, 0.1) is 11.9 Å². The van der Waals surface area contributed by atoms with Crippen molar-refractivity contribution in [2.24, 2.45) is 0 Å². The first kappa shape index (κ1) is 14.6. The molecule has 1 heterocycles. The van der Waals surface area contributed by atoms with Gasteiger partial charge >= 0.3 is 0 Å². The lowest BCUT2D eigenvalue weighted by Crippen LogP contribution is -2.12. The second-order valence-corrected chi connectivity index (χ2v) is 5.86. The fourth-order valence-electron chi connectivity index (χ4n) is 2.89. The summed E-state index contributed by atoms with van der Waals surface area (Å²) in [6, 6.07) is 23.4. The van der Waals surface area contributed by atoms with E-state index in [4.69, 9.17) is 0 Å². The van der Waals surface area contributed by atoms with Crippen LogP contribution in [0.4, 0.5) is 0 Å². The SMILES string of the molecule is c1cc(CNCc2ccc3ccccc3c2)cc(-c2cnn[nH]2)c1. The van der Waals surface area contributed by atoms with Crippen LogP contribution < -0.4 is 5.32 Å². The molecule has 3 aromatic carbocycles. The van der Waals surface area contributed by atoms with Gasteiger partial charge in [-0.1, -0.05) is 59.8 Å². The summed E-state index contributed by atoms with van der Waals surface area (Å²) >= 11 is 0. The molecule has 2 N–H and O–H groups in total. The third-order valence-corrected chi connectivity index (χ3v) is 4.13. The lowest BCUT2D eigenvalue weighted by molar-refractivity contribution is 0.694. The number of fused-ring (bicyclic) bond motifs is 1. The molecule has 0 saturated heterocycles. The zero-order chi connectivity index (χ0) is 16.2. The van der Waals surface area contributed by atoms with E-state index in [1.807, 2.05) is 0 Å². The Morgan fingerprint density at radius 3 is 2.46 bits per heavy atom. The van der Waals surface area contributed by atoms with E-state index >= 15 is 0 Å². The van der Waals surface area contributed by atoms with Crippen molar-refractivity contribution < 1.29 is 0 Å². The average molecular weight is 314 g/mol. The lowest BCUT2D eigenvalue weighted by Gasteiger charge is -2.08. The van der Waals surface area contributed by atoms with Crippen molar-refractivity contribution in [3.05, 3.63) is 84.1 Å². The maximum Gasteiger partial charge on any atom is 0.0853 e. The van der Waals surface area contributed by atoms with Gasteiger partial charge in [0, 0.05) is 18.7 Å². The zero-order valence-corrected chi connectivity index (χ0v) is 13.2. The third kappa shape index (κ3) is 3.19. The molecule has 0 bridgehead atoms. The van der Waals surface area contributed by atoms with Crippen LogP contribution in [0, 0.1) is 0 Å². The Morgan fingerprint density at radius 2 is 1.62 bits per heavy atom. The Hall–Kier alpha value is -2.98. The standard InChI is InChI=1S/C20H18N4/c1-2-6-18-10-16(8-9-17(18)5-1)13-21-12-15-4-3-7-19(11-15)20-14-22-24-23-20/h1-11,14,21H,12-13H2,(H,22,23,24). The molecule has 0 saturated carbocycles. The van der Waals surface area contributed by atoms with Gasteiger partial charge < -0.3 is 5.32 Å². The van der Waals surface area contributed by atoms with Crippen molar-refractivity contribution >= 4 is 10.8 Å². The van der Waals surface area contributed by atoms with Crippen LogP contribution in [0.5, 0.6) is 0 Å². The van der Waals surface area contributed by atoms with Crippen LogP contribution in [0.2, 0.25) is 0 Å². The first-order chi connectivity index (χ1) is 11.9. The number of aromatic nitrogens is 3. The Labute approximate surface area is 140 Å². The maximum atomic E-state index is 3.83. The molecule has 4 heteroatoms. The van der Waals surface area contributed by atoms with Crippen LogP contribution in [0.3, 0.4) is 0 Å². The first-order valence-corrected chi connectivity index (χ1v) is 8.02. The van der Waals surface area contributed by atoms with E-state index in [1.165, 1.54) is 21.9 Å². The summed E-state index contributed by atoms with van der Waals surface area (Å²) in [6.07, 6.45) is 1.74. The van der Waals surface area contributed by atoms with E-state index in [0.29, 0.717) is 0 Å². The largest absolute Gasteiger partial charge is 0.309 e. The molecule has 0 aliphatic rings. The molecule has 0 atom stereocenters. The second-order valence-electron chi connectivity index (χ2n) is 5.86. The van der Waals surface area contributed by atoms with Gasteiger partial charge in [-0.25, -0.2) is 0 Å². The normalized spacial score (nSPS) is 11.0. The summed E-state index contributed by atoms with van der Waals surface area (Å²) in [5.41, 5.74) is 4.57. The maximum absolute atomic E-state index is 3.83. The minimum Gasteiger partial charge on any atom is -0.309 e. The van der Waals surface area contributed by atoms with Gasteiger partial charge in [0.2, 0.25) is 0 Å². The van der Waals surface area contributed by atoms with Crippen LogP contribution in [0.25, 0.3) is 22.0 Å². The summed E-state index contributed by atoms with van der Waals surface area (Å²) in [4.78, 5) is 0. The fourth-order valence-corrected chi connectivity index (χ4v) is 2.89. The van der Waals surface area contributed by atoms with E-state index in [1.54, 1.807) is 6.20 Å². The Kier molecular flexibility index (Phi) is 4.04. The number of hydrogen-bond donors (Lipinski definition) is 2. The Morgan fingerprint density at radius 1 is 0.792 bits per heavy atom. The molecule has 0 fully saturated rings. The van der Waals surface area contributed by atoms with Crippen LogP contribution in [0.1, 0.15) is 11.1 Å². The van der Waals surface area contributed by atoms with E-state index in [0.717, 1.165) is 24.3 Å². The highest BCUT2D eigenvalue weighted by atomic mass is 15.3. The predicted molar refractivity (Wildman–Crippen MR) is 96.3 cm³/mol. The number of benzene rings is 3. The van der Waals surface area contributed by atoms with Crippen molar-refractivity contribution in [1.29, 1.82) is 0 Å². The van der Waals surface area contributed by atoms with Crippen molar-refractivity contribution in [2.45, 2.75) is 13.1 Å². The molecule has 118 valence electrons. The van der Waals surface area contributed by atoms with Gasteiger partial charge in [-0.15, -0.1) is 5.10 Å². The smallest absolute Gasteiger partial charge is 0.0853 e. The molecule has 4 aromatic rings. The van der Waals surface area contributed by atoms with Gasteiger partial charge in [-0.2, -0.15) is 0 Å². The van der Waals surface area contributed by atoms with Crippen LogP contribution in [0.15, 0.2) is 72.9 Å². The molecule has 4 rings (SSSR count). The Bertz CT molecular complexity index is 945. The van der Waals surface area contributed by atoms with Gasteiger partial charge in [0.15, 0.2) is 0 Å². The summed E-state index contributed by atoms with van der Waals surface area (Å²) in [5, 5.41) is 16.6. The highest BCUT2D eigenvalue weighted by Gasteiger charge is 2.01. The quantitative estimate of drug-likeness (QED) is 0.587. The molecular weight excluding hydrogens is 296 g/mol. The first-order valence-electron chi connectivity index (χ1n) is 8.02. The second kappa shape index (κ2) is 6.64. The minimum absolute atomic E-state index is 0.822. The van der Waals surface area contributed by atoms with Gasteiger partial charge in [-0.3, -0.25) is 5.10 Å². The number of aromatic amines is 1. The monoisotopic (exact) mass is 314 g/mol. The summed E-state index contributed by atoms with van der Waals surface area (Å²) in [5.74, 6) is 0. The van der Waals surface area contributed by atoms with E-state index in [-0.39, 0.29) is 0 Å². The van der Waals surface area contributed by atoms with E-state index in [2.05, 4.69) is 87.5 Å². The van der Waals surface area contributed by atoms with Crippen molar-refractivity contribution in [3.8, 4) is 11.3 Å². The fraction of sp³-hybridized carbons (Fsp3) is 0.100. The number of H-pyrrole nitrogens is 1. The predicted octanol–water partition coefficient (Wildman–Crippen LogP) is 3.91. The number of nitrogens with one attached hydrogen (secondary N) is 2. The molecule has 0 radical (unpaired) electrons. The molecule has 1 aromatic heterocycles. The van der Waals surface area contributed by atoms with Crippen LogP contribution in [-0.4, -0.2) is 15.4 Å². The molecule has 0 aliphatic carbocycles. The molecule has 0 amide bonds. The Balaban J connectivity index is 1.42. The van der Waals surface area contributed by atoms with Crippen molar-refractivity contribution in [1.82, 2.24) is 20.7 Å². The average Bonchev–Trinajstić information content (AvgIpc) is 3.17.